The van der Waals surface area contributed by atoms with E-state index >= 15 is 0 Å². The van der Waals surface area contributed by atoms with E-state index in [1.54, 1.807) is 24.3 Å². The highest BCUT2D eigenvalue weighted by atomic mass is 16.3. The van der Waals surface area contributed by atoms with Gasteiger partial charge in [-0.3, -0.25) is 10.2 Å². The first kappa shape index (κ1) is 9.70. The van der Waals surface area contributed by atoms with E-state index in [1.807, 2.05) is 0 Å². The van der Waals surface area contributed by atoms with Crippen LogP contribution in [0.3, 0.4) is 0 Å². The Morgan fingerprint density at radius 2 is 1.85 bits per heavy atom. The number of carbonyl (C=O) groups is 1. The standard InChI is InChI=1S/C9H12N2O2/c10-11-9(13)5-7-1-3-8(6-12)4-2-7/h1-4,12H,5-6,10H2,(H,11,13). The number of rotatable bonds is 3. The first-order valence-electron chi connectivity index (χ1n) is 3.94. The van der Waals surface area contributed by atoms with Crippen molar-refractivity contribution in [3.05, 3.63) is 35.4 Å². The molecule has 1 rings (SSSR count). The van der Waals surface area contributed by atoms with Gasteiger partial charge in [-0.05, 0) is 11.1 Å². The van der Waals surface area contributed by atoms with Gasteiger partial charge in [0.15, 0.2) is 0 Å². The predicted octanol–water partition coefficient (Wildman–Crippen LogP) is -0.289. The number of benzene rings is 1. The molecule has 1 amide bonds. The number of nitrogens with two attached hydrogens (primary N) is 1. The summed E-state index contributed by atoms with van der Waals surface area (Å²) in [7, 11) is 0. The lowest BCUT2D eigenvalue weighted by Gasteiger charge is -2.01. The maximum Gasteiger partial charge on any atom is 0.238 e. The van der Waals surface area contributed by atoms with Crippen molar-refractivity contribution in [1.29, 1.82) is 0 Å². The molecule has 0 aliphatic rings. The van der Waals surface area contributed by atoms with Gasteiger partial charge in [0.05, 0.1) is 13.0 Å². The third-order valence-electron chi connectivity index (χ3n) is 1.73. The zero-order chi connectivity index (χ0) is 9.68. The average molecular weight is 180 g/mol. The van der Waals surface area contributed by atoms with Crippen molar-refractivity contribution in [3.8, 4) is 0 Å². The summed E-state index contributed by atoms with van der Waals surface area (Å²) >= 11 is 0. The second-order valence-electron chi connectivity index (χ2n) is 2.72. The first-order chi connectivity index (χ1) is 6.26. The fraction of sp³-hybridized carbons (Fsp3) is 0.222. The molecule has 0 aromatic heterocycles. The first-order valence-corrected chi connectivity index (χ1v) is 3.94. The molecule has 0 heterocycles. The van der Waals surface area contributed by atoms with Gasteiger partial charge in [-0.2, -0.15) is 0 Å². The summed E-state index contributed by atoms with van der Waals surface area (Å²) in [6.45, 7) is 0.0172. The third-order valence-corrected chi connectivity index (χ3v) is 1.73. The van der Waals surface area contributed by atoms with E-state index in [2.05, 4.69) is 5.43 Å². The molecule has 0 fully saturated rings. The third kappa shape index (κ3) is 2.85. The van der Waals surface area contributed by atoms with Crippen molar-refractivity contribution < 1.29 is 9.90 Å². The van der Waals surface area contributed by atoms with Gasteiger partial charge in [-0.15, -0.1) is 0 Å². The Bertz CT molecular complexity index is 282. The number of amides is 1. The molecule has 0 saturated carbocycles. The van der Waals surface area contributed by atoms with Crippen molar-refractivity contribution >= 4 is 5.91 Å². The minimum Gasteiger partial charge on any atom is -0.392 e. The van der Waals surface area contributed by atoms with Gasteiger partial charge in [0.1, 0.15) is 0 Å². The molecule has 0 bridgehead atoms. The van der Waals surface area contributed by atoms with Crippen LogP contribution in [0.15, 0.2) is 24.3 Å². The summed E-state index contributed by atoms with van der Waals surface area (Å²) in [5, 5.41) is 8.76. The number of hydrogen-bond donors (Lipinski definition) is 3. The quantitative estimate of drug-likeness (QED) is 0.340. The lowest BCUT2D eigenvalue weighted by atomic mass is 10.1. The lowest BCUT2D eigenvalue weighted by Crippen LogP contribution is -2.31. The minimum absolute atomic E-state index is 0.0172. The number of hydrazine groups is 1. The zero-order valence-electron chi connectivity index (χ0n) is 7.16. The van der Waals surface area contributed by atoms with Gasteiger partial charge in [0, 0.05) is 0 Å². The maximum atomic E-state index is 10.9. The summed E-state index contributed by atoms with van der Waals surface area (Å²) in [5.41, 5.74) is 3.76. The predicted molar refractivity (Wildman–Crippen MR) is 48.4 cm³/mol. The van der Waals surface area contributed by atoms with Gasteiger partial charge in [0.25, 0.3) is 0 Å². The Hall–Kier alpha value is -1.39. The van der Waals surface area contributed by atoms with Crippen LogP contribution in [0.1, 0.15) is 11.1 Å². The summed E-state index contributed by atoms with van der Waals surface area (Å²) in [6.07, 6.45) is 0.266. The molecule has 0 aliphatic heterocycles. The van der Waals surface area contributed by atoms with Gasteiger partial charge in [-0.25, -0.2) is 5.84 Å². The normalized spacial score (nSPS) is 9.69. The fourth-order valence-corrected chi connectivity index (χ4v) is 0.999. The number of carbonyl (C=O) groups excluding carboxylic acids is 1. The topological polar surface area (TPSA) is 75.3 Å². The molecule has 0 aliphatic carbocycles. The molecule has 0 saturated heterocycles. The van der Waals surface area contributed by atoms with Crippen LogP contribution in [0.4, 0.5) is 0 Å². The van der Waals surface area contributed by atoms with Crippen LogP contribution in [-0.2, 0) is 17.8 Å². The number of aliphatic hydroxyl groups is 1. The van der Waals surface area contributed by atoms with Gasteiger partial charge >= 0.3 is 0 Å². The van der Waals surface area contributed by atoms with Crippen LogP contribution in [0.25, 0.3) is 0 Å². The SMILES string of the molecule is NNC(=O)Cc1ccc(CO)cc1. The van der Waals surface area contributed by atoms with E-state index in [4.69, 9.17) is 10.9 Å². The van der Waals surface area contributed by atoms with Crippen molar-refractivity contribution in [1.82, 2.24) is 5.43 Å². The van der Waals surface area contributed by atoms with Crippen LogP contribution in [0.5, 0.6) is 0 Å². The van der Waals surface area contributed by atoms with Gasteiger partial charge < -0.3 is 5.11 Å². The van der Waals surface area contributed by atoms with Crippen molar-refractivity contribution in [2.45, 2.75) is 13.0 Å². The molecule has 13 heavy (non-hydrogen) atoms. The monoisotopic (exact) mass is 180 g/mol. The Balaban J connectivity index is 2.64. The van der Waals surface area contributed by atoms with E-state index in [-0.39, 0.29) is 18.9 Å². The smallest absolute Gasteiger partial charge is 0.238 e. The Morgan fingerprint density at radius 3 is 2.31 bits per heavy atom. The summed E-state index contributed by atoms with van der Waals surface area (Å²) in [5.74, 6) is 4.71. The Morgan fingerprint density at radius 1 is 1.31 bits per heavy atom. The second-order valence-corrected chi connectivity index (χ2v) is 2.72. The van der Waals surface area contributed by atoms with Gasteiger partial charge in [-0.1, -0.05) is 24.3 Å². The molecule has 1 aromatic rings. The molecule has 4 heteroatoms. The molecule has 0 spiro atoms. The maximum absolute atomic E-state index is 10.9. The van der Waals surface area contributed by atoms with Crippen LogP contribution in [0, 0.1) is 0 Å². The summed E-state index contributed by atoms with van der Waals surface area (Å²) < 4.78 is 0. The number of aliphatic hydroxyl groups excluding tert-OH is 1. The van der Waals surface area contributed by atoms with Crippen LogP contribution >= 0.6 is 0 Å². The molecular weight excluding hydrogens is 168 g/mol. The molecular formula is C9H12N2O2. The fourth-order valence-electron chi connectivity index (χ4n) is 0.999. The summed E-state index contributed by atoms with van der Waals surface area (Å²) in [6, 6.07) is 7.14. The number of nitrogens with one attached hydrogen (secondary N) is 1. The molecule has 70 valence electrons. The molecule has 1 aromatic carbocycles. The highest BCUT2D eigenvalue weighted by Crippen LogP contribution is 2.04. The van der Waals surface area contributed by atoms with Crippen LogP contribution in [-0.4, -0.2) is 11.0 Å². The Labute approximate surface area is 76.3 Å². The van der Waals surface area contributed by atoms with E-state index in [1.165, 1.54) is 0 Å². The van der Waals surface area contributed by atoms with E-state index in [0.717, 1.165) is 11.1 Å². The van der Waals surface area contributed by atoms with E-state index < -0.39 is 0 Å². The van der Waals surface area contributed by atoms with Crippen molar-refractivity contribution in [2.24, 2.45) is 5.84 Å². The average Bonchev–Trinajstić information content (AvgIpc) is 2.19. The van der Waals surface area contributed by atoms with Crippen molar-refractivity contribution in [2.75, 3.05) is 0 Å². The summed E-state index contributed by atoms with van der Waals surface area (Å²) in [4.78, 5) is 10.9. The zero-order valence-corrected chi connectivity index (χ0v) is 7.16. The van der Waals surface area contributed by atoms with Gasteiger partial charge in [0.2, 0.25) is 5.91 Å². The van der Waals surface area contributed by atoms with E-state index in [0.29, 0.717) is 0 Å². The molecule has 4 nitrogen and oxygen atoms in total. The highest BCUT2D eigenvalue weighted by Gasteiger charge is 2.00. The highest BCUT2D eigenvalue weighted by molar-refractivity contribution is 5.77. The molecule has 0 atom stereocenters. The van der Waals surface area contributed by atoms with E-state index in [9.17, 15) is 4.79 Å². The largest absolute Gasteiger partial charge is 0.392 e. The van der Waals surface area contributed by atoms with Crippen LogP contribution in [0.2, 0.25) is 0 Å². The Kier molecular flexibility index (Phi) is 3.42. The van der Waals surface area contributed by atoms with Crippen LogP contribution < -0.4 is 11.3 Å². The molecule has 4 N–H and O–H groups in total. The second kappa shape index (κ2) is 4.59. The van der Waals surface area contributed by atoms with Crippen molar-refractivity contribution in [3.63, 3.8) is 0 Å². The molecule has 0 radical (unpaired) electrons. The number of hydrogen-bond acceptors (Lipinski definition) is 3. The lowest BCUT2D eigenvalue weighted by molar-refractivity contribution is -0.120. The molecule has 0 unspecified atom stereocenters. The minimum atomic E-state index is -0.225.